The van der Waals surface area contributed by atoms with Gasteiger partial charge in [-0.05, 0) is 75.6 Å². The van der Waals surface area contributed by atoms with Crippen LogP contribution in [0.3, 0.4) is 0 Å². The van der Waals surface area contributed by atoms with Gasteiger partial charge in [-0.25, -0.2) is 31.5 Å². The van der Waals surface area contributed by atoms with Crippen LogP contribution in [0.15, 0.2) is 18.2 Å². The van der Waals surface area contributed by atoms with Gasteiger partial charge in [-0.3, -0.25) is 4.79 Å². The molecule has 2 aliphatic carbocycles. The highest BCUT2D eigenvalue weighted by atomic mass is 32.2. The number of benzene rings is 1. The molecular weight excluding hydrogens is 653 g/mol. The van der Waals surface area contributed by atoms with E-state index in [0.29, 0.717) is 17.9 Å². The molecule has 1 amide bonds. The fourth-order valence-electron chi connectivity index (χ4n) is 6.18. The van der Waals surface area contributed by atoms with E-state index in [1.54, 1.807) is 0 Å². The summed E-state index contributed by atoms with van der Waals surface area (Å²) in [5.41, 5.74) is 2.24. The molecule has 4 atom stereocenters. The van der Waals surface area contributed by atoms with Crippen molar-refractivity contribution in [3.05, 3.63) is 29.6 Å². The molecule has 1 aromatic carbocycles. The van der Waals surface area contributed by atoms with Gasteiger partial charge in [0.25, 0.3) is 5.92 Å². The fraction of sp³-hybridized carbons (Fsp3) is 0.758. The third-order valence-electron chi connectivity index (χ3n) is 9.18. The van der Waals surface area contributed by atoms with Gasteiger partial charge in [0.2, 0.25) is 11.8 Å². The number of nitrogens with one attached hydrogen (secondary N) is 2. The fourth-order valence-corrected chi connectivity index (χ4v) is 7.78. The summed E-state index contributed by atoms with van der Waals surface area (Å²) in [5, 5.41) is 3.11. The van der Waals surface area contributed by atoms with Gasteiger partial charge in [0, 0.05) is 40.4 Å². The van der Waals surface area contributed by atoms with Crippen molar-refractivity contribution in [1.29, 1.82) is 0 Å². The summed E-state index contributed by atoms with van der Waals surface area (Å²) < 4.78 is 84.8. The lowest BCUT2D eigenvalue weighted by Crippen LogP contribution is -2.46. The Morgan fingerprint density at radius 2 is 1.83 bits per heavy atom. The van der Waals surface area contributed by atoms with E-state index in [2.05, 4.69) is 29.7 Å². The van der Waals surface area contributed by atoms with Crippen molar-refractivity contribution in [3.8, 4) is 0 Å². The first-order valence-electron chi connectivity index (χ1n) is 16.7. The van der Waals surface area contributed by atoms with Gasteiger partial charge in [0.05, 0.1) is 38.9 Å². The number of amides is 1. The smallest absolute Gasteiger partial charge is 0.271 e. The van der Waals surface area contributed by atoms with Crippen LogP contribution in [0.2, 0.25) is 25.7 Å². The first-order valence-corrected chi connectivity index (χ1v) is 21.6. The van der Waals surface area contributed by atoms with Crippen LogP contribution in [0.5, 0.6) is 0 Å². The molecule has 2 heterocycles. The number of carbonyl (C=O) groups is 1. The van der Waals surface area contributed by atoms with Crippen LogP contribution in [0, 0.1) is 11.8 Å². The van der Waals surface area contributed by atoms with Gasteiger partial charge in [-0.15, -0.1) is 0 Å². The molecule has 1 aliphatic heterocycles. The molecule has 8 nitrogen and oxygen atoms in total. The van der Waals surface area contributed by atoms with Gasteiger partial charge < -0.3 is 19.4 Å². The van der Waals surface area contributed by atoms with Crippen molar-refractivity contribution in [2.45, 2.75) is 133 Å². The Labute approximate surface area is 278 Å². The zero-order chi connectivity index (χ0) is 34.4. The van der Waals surface area contributed by atoms with E-state index in [1.807, 2.05) is 43.5 Å². The highest BCUT2D eigenvalue weighted by Crippen LogP contribution is 2.45. The lowest BCUT2D eigenvalue weighted by atomic mass is 9.79. The molecule has 0 radical (unpaired) electrons. The predicted octanol–water partition coefficient (Wildman–Crippen LogP) is 7.26. The number of fused-ring (bicyclic) bond motifs is 1. The Hall–Kier alpha value is -1.87. The van der Waals surface area contributed by atoms with E-state index < -0.39 is 54.4 Å². The van der Waals surface area contributed by atoms with Gasteiger partial charge >= 0.3 is 0 Å². The van der Waals surface area contributed by atoms with Crippen molar-refractivity contribution < 1.29 is 36.0 Å². The van der Waals surface area contributed by atoms with Crippen LogP contribution in [0.1, 0.15) is 89.2 Å². The second-order valence-corrected chi connectivity index (χ2v) is 23.6. The minimum Gasteiger partial charge on any atom is -0.370 e. The molecule has 3 fully saturated rings. The van der Waals surface area contributed by atoms with E-state index in [0.717, 1.165) is 30.0 Å². The quantitative estimate of drug-likeness (QED) is 0.123. The van der Waals surface area contributed by atoms with E-state index in [1.165, 1.54) is 0 Å². The van der Waals surface area contributed by atoms with Gasteiger partial charge in [0.1, 0.15) is 25.2 Å². The standard InChI is InChI=1S/C33H50F4N4O4SSi/c1-31(2,3)46(43)40-29(26-11-12-32(34,35)19-45-26)30-38-24-16-23(9-10-25(24)41(30)20-44-13-14-47(4,5)6)28(22-7-8-22)39-27(42)15-21-17-33(36,37)18-21/h9-10,16,21-22,26,28-29,40H,7-8,11-15,17-20H2,1-6H3,(H,39,42)/t26-,28-,29+,46-/m1/s1. The SMILES string of the molecule is CC(C)(C)[S@@](=O)N[C@H](c1nc2cc([C@H](NC(=O)CC3CC(F)(F)C3)C3CC3)ccc2n1COCC[Si](C)(C)C)[C@H]1CCC(F)(F)CO1. The molecule has 2 saturated carbocycles. The maximum absolute atomic E-state index is 14.1. The molecule has 1 saturated heterocycles. The van der Waals surface area contributed by atoms with Crippen LogP contribution < -0.4 is 10.0 Å². The third kappa shape index (κ3) is 9.64. The molecule has 2 aromatic rings. The number of ether oxygens (including phenoxy) is 2. The molecule has 0 unspecified atom stereocenters. The summed E-state index contributed by atoms with van der Waals surface area (Å²) in [6.45, 7) is 12.3. The predicted molar refractivity (Wildman–Crippen MR) is 177 cm³/mol. The zero-order valence-corrected chi connectivity index (χ0v) is 30.2. The highest BCUT2D eigenvalue weighted by Gasteiger charge is 2.46. The van der Waals surface area contributed by atoms with Crippen molar-refractivity contribution >= 4 is 36.0 Å². The average molecular weight is 703 g/mol. The first-order chi connectivity index (χ1) is 21.8. The molecule has 3 aliphatic rings. The number of aromatic nitrogens is 2. The van der Waals surface area contributed by atoms with E-state index in [4.69, 9.17) is 14.5 Å². The minimum absolute atomic E-state index is 0.0552. The molecule has 5 rings (SSSR count). The van der Waals surface area contributed by atoms with Crippen LogP contribution in [0.4, 0.5) is 17.6 Å². The summed E-state index contributed by atoms with van der Waals surface area (Å²) >= 11 is 0. The largest absolute Gasteiger partial charge is 0.370 e. The van der Waals surface area contributed by atoms with E-state index in [9.17, 15) is 26.6 Å². The second kappa shape index (κ2) is 13.8. The molecule has 14 heteroatoms. The van der Waals surface area contributed by atoms with Crippen LogP contribution in [-0.4, -0.2) is 63.7 Å². The minimum atomic E-state index is -2.93. The van der Waals surface area contributed by atoms with Gasteiger partial charge in [0.15, 0.2) is 0 Å². The number of carbonyl (C=O) groups excluding carboxylic acids is 1. The van der Waals surface area contributed by atoms with Gasteiger partial charge in [-0.1, -0.05) is 25.7 Å². The molecule has 0 bridgehead atoms. The number of hydrogen-bond donors (Lipinski definition) is 2. The summed E-state index contributed by atoms with van der Waals surface area (Å²) in [7, 11) is -2.93. The first kappa shape index (κ1) is 36.4. The van der Waals surface area contributed by atoms with Crippen molar-refractivity contribution in [2.24, 2.45) is 11.8 Å². The van der Waals surface area contributed by atoms with Crippen molar-refractivity contribution in [3.63, 3.8) is 0 Å². The number of halogens is 4. The summed E-state index contributed by atoms with van der Waals surface area (Å²) in [6, 6.07) is 5.70. The Kier molecular flexibility index (Phi) is 10.7. The summed E-state index contributed by atoms with van der Waals surface area (Å²) in [6.07, 6.45) is 0.474. The monoisotopic (exact) mass is 702 g/mol. The number of hydrogen-bond acceptors (Lipinski definition) is 5. The second-order valence-electron chi connectivity index (χ2n) is 15.9. The molecular formula is C33H50F4N4O4SSi. The molecule has 1 aromatic heterocycles. The topological polar surface area (TPSA) is 94.5 Å². The number of nitrogens with zero attached hydrogens (tertiary/aromatic N) is 2. The molecule has 0 spiro atoms. The highest BCUT2D eigenvalue weighted by molar-refractivity contribution is 7.84. The van der Waals surface area contributed by atoms with E-state index in [-0.39, 0.29) is 62.6 Å². The Morgan fingerprint density at radius 3 is 2.40 bits per heavy atom. The number of imidazole rings is 1. The third-order valence-corrected chi connectivity index (χ3v) is 12.5. The van der Waals surface area contributed by atoms with Crippen molar-refractivity contribution in [2.75, 3.05) is 13.2 Å². The molecule has 2 N–H and O–H groups in total. The van der Waals surface area contributed by atoms with E-state index >= 15 is 0 Å². The maximum Gasteiger partial charge on any atom is 0.271 e. The van der Waals surface area contributed by atoms with Crippen LogP contribution in [-0.2, 0) is 32.0 Å². The lowest BCUT2D eigenvalue weighted by molar-refractivity contribution is -0.150. The Morgan fingerprint density at radius 1 is 1.13 bits per heavy atom. The maximum atomic E-state index is 14.1. The summed E-state index contributed by atoms with van der Waals surface area (Å²) in [4.78, 5) is 17.9. The number of rotatable bonds is 14. The molecule has 264 valence electrons. The van der Waals surface area contributed by atoms with Gasteiger partial charge in [-0.2, -0.15) is 0 Å². The summed E-state index contributed by atoms with van der Waals surface area (Å²) in [5.74, 6) is -5.42. The normalized spacial score (nSPS) is 23.7. The number of alkyl halides is 4. The zero-order valence-electron chi connectivity index (χ0n) is 28.3. The Bertz CT molecular complexity index is 1440. The van der Waals surface area contributed by atoms with Crippen LogP contribution >= 0.6 is 0 Å². The molecule has 47 heavy (non-hydrogen) atoms. The lowest BCUT2D eigenvalue weighted by Gasteiger charge is -2.35. The Balaban J connectivity index is 1.47. The van der Waals surface area contributed by atoms with Crippen molar-refractivity contribution in [1.82, 2.24) is 19.6 Å². The van der Waals surface area contributed by atoms with Crippen LogP contribution in [0.25, 0.3) is 11.0 Å². The average Bonchev–Trinajstić information content (AvgIpc) is 3.71.